The van der Waals surface area contributed by atoms with Crippen LogP contribution in [0.3, 0.4) is 0 Å². The van der Waals surface area contributed by atoms with Gasteiger partial charge in [0, 0.05) is 26.7 Å². The summed E-state index contributed by atoms with van der Waals surface area (Å²) in [6, 6.07) is 5.68. The monoisotopic (exact) mass is 465 g/mol. The molecule has 32 heavy (non-hydrogen) atoms. The van der Waals surface area contributed by atoms with E-state index in [-0.39, 0.29) is 29.0 Å². The van der Waals surface area contributed by atoms with E-state index < -0.39 is 10.0 Å². The van der Waals surface area contributed by atoms with Crippen LogP contribution in [0.1, 0.15) is 29.9 Å². The third kappa shape index (κ3) is 4.91. The first kappa shape index (κ1) is 24.1. The van der Waals surface area contributed by atoms with Gasteiger partial charge in [0.05, 0.1) is 20.1 Å². The molecule has 0 radical (unpaired) electrons. The third-order valence-corrected chi connectivity index (χ3v) is 7.97. The Balaban J connectivity index is 1.64. The zero-order valence-corrected chi connectivity index (χ0v) is 20.1. The highest BCUT2D eigenvalue weighted by Crippen LogP contribution is 2.29. The van der Waals surface area contributed by atoms with Crippen molar-refractivity contribution in [2.24, 2.45) is 5.92 Å². The van der Waals surface area contributed by atoms with Crippen LogP contribution >= 0.6 is 0 Å². The lowest BCUT2D eigenvalue weighted by Gasteiger charge is -2.33. The third-order valence-electron chi connectivity index (χ3n) is 5.86. The number of nitrogens with zero attached hydrogens (tertiary/aromatic N) is 3. The number of methoxy groups -OCH3 is 2. The Morgan fingerprint density at radius 2 is 1.97 bits per heavy atom. The fraction of sp³-hybridized carbons (Fsp3) is 0.545. The molecule has 1 atom stereocenters. The maximum absolute atomic E-state index is 13.1. The van der Waals surface area contributed by atoms with Gasteiger partial charge in [0.1, 0.15) is 10.6 Å². The summed E-state index contributed by atoms with van der Waals surface area (Å²) in [6.45, 7) is 4.25. The van der Waals surface area contributed by atoms with Crippen LogP contribution in [0.15, 0.2) is 27.6 Å². The van der Waals surface area contributed by atoms with Gasteiger partial charge in [-0.2, -0.15) is 4.31 Å². The molecular weight excluding hydrogens is 434 g/mol. The summed E-state index contributed by atoms with van der Waals surface area (Å²) in [5.74, 6) is 1.13. The number of likely N-dealkylation sites (N-methyl/N-ethyl adjacent to an activating group) is 1. The zero-order chi connectivity index (χ0) is 23.5. The first-order valence-corrected chi connectivity index (χ1v) is 12.0. The molecule has 1 aromatic carbocycles. The first-order valence-electron chi connectivity index (χ1n) is 10.6. The summed E-state index contributed by atoms with van der Waals surface area (Å²) < 4.78 is 43.3. The molecule has 1 aliphatic heterocycles. The van der Waals surface area contributed by atoms with Crippen molar-refractivity contribution in [3.05, 3.63) is 35.2 Å². The largest absolute Gasteiger partial charge is 0.493 e. The van der Waals surface area contributed by atoms with Gasteiger partial charge in [-0.25, -0.2) is 8.42 Å². The molecule has 1 unspecified atom stereocenters. The van der Waals surface area contributed by atoms with E-state index >= 15 is 0 Å². The zero-order valence-electron chi connectivity index (χ0n) is 19.3. The van der Waals surface area contributed by atoms with Crippen molar-refractivity contribution in [1.29, 1.82) is 0 Å². The number of sulfonamides is 1. The quantitative estimate of drug-likeness (QED) is 0.590. The minimum Gasteiger partial charge on any atom is -0.493 e. The molecule has 0 N–H and O–H groups in total. The number of hydrogen-bond donors (Lipinski definition) is 0. The Kier molecular flexibility index (Phi) is 7.45. The molecule has 10 heteroatoms. The van der Waals surface area contributed by atoms with Crippen molar-refractivity contribution in [2.75, 3.05) is 40.9 Å². The fourth-order valence-corrected chi connectivity index (χ4v) is 5.90. The molecule has 9 nitrogen and oxygen atoms in total. The Morgan fingerprint density at radius 3 is 2.59 bits per heavy atom. The summed E-state index contributed by atoms with van der Waals surface area (Å²) in [6.07, 6.45) is 1.94. The molecule has 3 rings (SSSR count). The second kappa shape index (κ2) is 9.91. The average Bonchev–Trinajstić information content (AvgIpc) is 3.15. The molecule has 0 spiro atoms. The van der Waals surface area contributed by atoms with Crippen molar-refractivity contribution in [3.63, 3.8) is 0 Å². The number of aryl methyl sites for hydroxylation is 2. The standard InChI is InChI=1S/C22H31N3O6S/c1-15-21(16(2)31-23-15)32(27,28)25-11-6-7-18(14-25)22(26)24(3)12-10-17-8-9-19(29-4)20(13-17)30-5/h8-9,13,18H,6-7,10-12,14H2,1-5H3. The van der Waals surface area contributed by atoms with Gasteiger partial charge < -0.3 is 18.9 Å². The number of aromatic nitrogens is 1. The van der Waals surface area contributed by atoms with E-state index in [1.165, 1.54) is 4.31 Å². The molecule has 0 bridgehead atoms. The minimum atomic E-state index is -3.76. The van der Waals surface area contributed by atoms with E-state index in [4.69, 9.17) is 14.0 Å². The number of carbonyl (C=O) groups excluding carboxylic acids is 1. The summed E-state index contributed by atoms with van der Waals surface area (Å²) in [7, 11) is 1.17. The lowest BCUT2D eigenvalue weighted by atomic mass is 9.98. The molecule has 1 amide bonds. The molecule has 2 aromatic rings. The Bertz CT molecular complexity index is 1050. The van der Waals surface area contributed by atoms with E-state index in [9.17, 15) is 13.2 Å². The van der Waals surface area contributed by atoms with Gasteiger partial charge in [-0.05, 0) is 50.8 Å². The second-order valence-electron chi connectivity index (χ2n) is 8.05. The number of rotatable bonds is 8. The van der Waals surface area contributed by atoms with Gasteiger partial charge in [-0.1, -0.05) is 11.2 Å². The highest BCUT2D eigenvalue weighted by atomic mass is 32.2. The Morgan fingerprint density at radius 1 is 1.25 bits per heavy atom. The van der Waals surface area contributed by atoms with E-state index in [0.717, 1.165) is 5.56 Å². The summed E-state index contributed by atoms with van der Waals surface area (Å²) in [4.78, 5) is 14.8. The Hall–Kier alpha value is -2.59. The van der Waals surface area contributed by atoms with Crippen molar-refractivity contribution >= 4 is 15.9 Å². The smallest absolute Gasteiger partial charge is 0.248 e. The Labute approximate surface area is 189 Å². The van der Waals surface area contributed by atoms with Gasteiger partial charge in [0.2, 0.25) is 15.9 Å². The van der Waals surface area contributed by atoms with Crippen LogP contribution in [-0.4, -0.2) is 69.6 Å². The molecule has 2 heterocycles. The van der Waals surface area contributed by atoms with E-state index in [0.29, 0.717) is 49.5 Å². The number of benzene rings is 1. The van der Waals surface area contributed by atoms with Gasteiger partial charge in [0.25, 0.3) is 0 Å². The predicted molar refractivity (Wildman–Crippen MR) is 118 cm³/mol. The van der Waals surface area contributed by atoms with Crippen molar-refractivity contribution in [3.8, 4) is 11.5 Å². The van der Waals surface area contributed by atoms with Gasteiger partial charge in [-0.15, -0.1) is 0 Å². The van der Waals surface area contributed by atoms with Crippen LogP contribution in [0.5, 0.6) is 11.5 Å². The van der Waals surface area contributed by atoms with Crippen molar-refractivity contribution < 1.29 is 27.2 Å². The topological polar surface area (TPSA) is 102 Å². The highest BCUT2D eigenvalue weighted by Gasteiger charge is 2.37. The number of ether oxygens (including phenoxy) is 2. The summed E-state index contributed by atoms with van der Waals surface area (Å²) in [5, 5.41) is 3.76. The van der Waals surface area contributed by atoms with Gasteiger partial charge in [-0.3, -0.25) is 4.79 Å². The predicted octanol–water partition coefficient (Wildman–Crippen LogP) is 2.41. The highest BCUT2D eigenvalue weighted by molar-refractivity contribution is 7.89. The van der Waals surface area contributed by atoms with Crippen molar-refractivity contribution in [1.82, 2.24) is 14.4 Å². The van der Waals surface area contributed by atoms with Crippen LogP contribution in [0.25, 0.3) is 0 Å². The van der Waals surface area contributed by atoms with E-state index in [1.54, 1.807) is 40.0 Å². The summed E-state index contributed by atoms with van der Waals surface area (Å²) in [5.41, 5.74) is 1.36. The second-order valence-corrected chi connectivity index (χ2v) is 9.93. The molecule has 1 aliphatic rings. The molecule has 1 fully saturated rings. The van der Waals surface area contributed by atoms with Crippen LogP contribution in [-0.2, 0) is 21.2 Å². The maximum atomic E-state index is 13.1. The molecule has 176 valence electrons. The number of piperidine rings is 1. The minimum absolute atomic E-state index is 0.0517. The molecule has 0 saturated carbocycles. The molecule has 0 aliphatic carbocycles. The summed E-state index contributed by atoms with van der Waals surface area (Å²) >= 11 is 0. The van der Waals surface area contributed by atoms with Crippen LogP contribution in [0.2, 0.25) is 0 Å². The number of amides is 1. The normalized spacial score (nSPS) is 17.2. The SMILES string of the molecule is COc1ccc(CCN(C)C(=O)C2CCCN(S(=O)(=O)c3c(C)noc3C)C2)cc1OC. The van der Waals surface area contributed by atoms with Crippen molar-refractivity contribution in [2.45, 2.75) is 38.0 Å². The maximum Gasteiger partial charge on any atom is 0.248 e. The first-order chi connectivity index (χ1) is 15.2. The lowest BCUT2D eigenvalue weighted by Crippen LogP contribution is -2.46. The van der Waals surface area contributed by atoms with Crippen LogP contribution in [0, 0.1) is 19.8 Å². The number of hydrogen-bond acceptors (Lipinski definition) is 7. The van der Waals surface area contributed by atoms with E-state index in [2.05, 4.69) is 5.16 Å². The molecule has 1 saturated heterocycles. The molecule has 1 aromatic heterocycles. The van der Waals surface area contributed by atoms with Crippen LogP contribution in [0.4, 0.5) is 0 Å². The average molecular weight is 466 g/mol. The van der Waals surface area contributed by atoms with Crippen LogP contribution < -0.4 is 9.47 Å². The van der Waals surface area contributed by atoms with Gasteiger partial charge in [0.15, 0.2) is 17.3 Å². The van der Waals surface area contributed by atoms with Gasteiger partial charge >= 0.3 is 0 Å². The number of carbonyl (C=O) groups is 1. The lowest BCUT2D eigenvalue weighted by molar-refractivity contribution is -0.135. The van der Waals surface area contributed by atoms with E-state index in [1.807, 2.05) is 18.2 Å². The molecular formula is C22H31N3O6S. The fourth-order valence-electron chi connectivity index (χ4n) is 4.09.